The van der Waals surface area contributed by atoms with Crippen molar-refractivity contribution in [1.29, 1.82) is 0 Å². The van der Waals surface area contributed by atoms with Gasteiger partial charge in [0, 0.05) is 11.0 Å². The van der Waals surface area contributed by atoms with E-state index < -0.39 is 6.10 Å². The lowest BCUT2D eigenvalue weighted by atomic mass is 10.0. The third-order valence-corrected chi connectivity index (χ3v) is 3.02. The molecule has 6 heteroatoms. The first-order chi connectivity index (χ1) is 8.92. The highest BCUT2D eigenvalue weighted by molar-refractivity contribution is 9.10. The molecule has 0 spiro atoms. The second-order valence-corrected chi connectivity index (χ2v) is 5.28. The van der Waals surface area contributed by atoms with Gasteiger partial charge in [0.05, 0.1) is 12.1 Å². The molecule has 0 aliphatic rings. The Morgan fingerprint density at radius 1 is 1.47 bits per heavy atom. The lowest BCUT2D eigenvalue weighted by Gasteiger charge is -2.18. The van der Waals surface area contributed by atoms with Gasteiger partial charge in [0.15, 0.2) is 0 Å². The van der Waals surface area contributed by atoms with Crippen LogP contribution in [0.15, 0.2) is 22.7 Å². The second-order valence-electron chi connectivity index (χ2n) is 4.37. The van der Waals surface area contributed by atoms with E-state index in [-0.39, 0.29) is 24.4 Å². The smallest absolute Gasteiger partial charge is 0.315 e. The fourth-order valence-corrected chi connectivity index (χ4v) is 2.13. The number of rotatable bonds is 5. The lowest BCUT2D eigenvalue weighted by Crippen LogP contribution is -2.40. The molecule has 19 heavy (non-hydrogen) atoms. The van der Waals surface area contributed by atoms with Gasteiger partial charge in [-0.05, 0) is 37.1 Å². The van der Waals surface area contributed by atoms with E-state index in [1.54, 1.807) is 13.0 Å². The summed E-state index contributed by atoms with van der Waals surface area (Å²) in [5.74, 6) is -0.353. The standard InChI is InChI=1S/C13H18BrFN2O2/c1-3-12(17-13(19)16-7-8(2)18)9-4-10(14)6-11(15)5-9/h4-6,8,12,18H,3,7H2,1-2H3,(H2,16,17,19)/t8-,12?/m1/s1. The molecule has 0 aromatic heterocycles. The third kappa shape index (κ3) is 5.57. The van der Waals surface area contributed by atoms with Crippen molar-refractivity contribution in [1.82, 2.24) is 10.6 Å². The first kappa shape index (κ1) is 15.9. The van der Waals surface area contributed by atoms with Crippen molar-refractivity contribution >= 4 is 22.0 Å². The van der Waals surface area contributed by atoms with Crippen LogP contribution >= 0.6 is 15.9 Å². The van der Waals surface area contributed by atoms with Crippen molar-refractivity contribution in [2.45, 2.75) is 32.4 Å². The minimum absolute atomic E-state index is 0.176. The molecule has 2 amide bonds. The third-order valence-electron chi connectivity index (χ3n) is 2.56. The van der Waals surface area contributed by atoms with Gasteiger partial charge in [-0.15, -0.1) is 0 Å². The van der Waals surface area contributed by atoms with Gasteiger partial charge in [-0.3, -0.25) is 0 Å². The first-order valence-electron chi connectivity index (χ1n) is 6.10. The Bertz CT molecular complexity index is 420. The zero-order valence-electron chi connectivity index (χ0n) is 10.9. The quantitative estimate of drug-likeness (QED) is 0.776. The summed E-state index contributed by atoms with van der Waals surface area (Å²) in [5.41, 5.74) is 0.696. The molecule has 2 atom stereocenters. The molecule has 3 N–H and O–H groups in total. The molecule has 0 heterocycles. The summed E-state index contributed by atoms with van der Waals surface area (Å²) in [6, 6.07) is 3.87. The number of hydrogen-bond acceptors (Lipinski definition) is 2. The van der Waals surface area contributed by atoms with Crippen LogP contribution in [0.2, 0.25) is 0 Å². The van der Waals surface area contributed by atoms with Crippen molar-refractivity contribution in [3.05, 3.63) is 34.1 Å². The van der Waals surface area contributed by atoms with Crippen molar-refractivity contribution in [3.8, 4) is 0 Å². The summed E-state index contributed by atoms with van der Waals surface area (Å²) in [6.07, 6.45) is 0.0342. The Morgan fingerprint density at radius 3 is 2.68 bits per heavy atom. The monoisotopic (exact) mass is 332 g/mol. The molecule has 1 aromatic rings. The fraction of sp³-hybridized carbons (Fsp3) is 0.462. The van der Waals surface area contributed by atoms with E-state index in [2.05, 4.69) is 26.6 Å². The number of nitrogens with one attached hydrogen (secondary N) is 2. The first-order valence-corrected chi connectivity index (χ1v) is 6.90. The molecule has 1 aromatic carbocycles. The molecule has 0 saturated carbocycles. The normalized spacial score (nSPS) is 13.7. The van der Waals surface area contributed by atoms with Gasteiger partial charge in [0.2, 0.25) is 0 Å². The van der Waals surface area contributed by atoms with Gasteiger partial charge in [0.1, 0.15) is 5.82 Å². The van der Waals surface area contributed by atoms with Crippen LogP contribution in [0.3, 0.4) is 0 Å². The van der Waals surface area contributed by atoms with Crippen LogP contribution in [0.1, 0.15) is 31.9 Å². The molecule has 0 radical (unpaired) electrons. The highest BCUT2D eigenvalue weighted by Gasteiger charge is 2.14. The summed E-state index contributed by atoms with van der Waals surface area (Å²) in [7, 11) is 0. The maximum absolute atomic E-state index is 13.3. The largest absolute Gasteiger partial charge is 0.392 e. The number of aliphatic hydroxyl groups excluding tert-OH is 1. The van der Waals surface area contributed by atoms with E-state index in [4.69, 9.17) is 5.11 Å². The maximum atomic E-state index is 13.3. The molecule has 0 fully saturated rings. The summed E-state index contributed by atoms with van der Waals surface area (Å²) < 4.78 is 14.0. The predicted octanol–water partition coefficient (Wildman–Crippen LogP) is 2.72. The summed E-state index contributed by atoms with van der Waals surface area (Å²) >= 11 is 3.23. The number of carbonyl (C=O) groups excluding carboxylic acids is 1. The lowest BCUT2D eigenvalue weighted by molar-refractivity contribution is 0.186. The van der Waals surface area contributed by atoms with Crippen molar-refractivity contribution < 1.29 is 14.3 Å². The van der Waals surface area contributed by atoms with Crippen LogP contribution in [0.25, 0.3) is 0 Å². The number of amides is 2. The Hall–Kier alpha value is -1.14. The van der Waals surface area contributed by atoms with Crippen LogP contribution in [-0.2, 0) is 0 Å². The summed E-state index contributed by atoms with van der Waals surface area (Å²) in [4.78, 5) is 11.6. The van der Waals surface area contributed by atoms with Gasteiger partial charge in [-0.1, -0.05) is 22.9 Å². The van der Waals surface area contributed by atoms with E-state index in [1.165, 1.54) is 12.1 Å². The van der Waals surface area contributed by atoms with Crippen LogP contribution in [-0.4, -0.2) is 23.8 Å². The van der Waals surface area contributed by atoms with E-state index in [9.17, 15) is 9.18 Å². The molecule has 0 aliphatic heterocycles. The van der Waals surface area contributed by atoms with Crippen LogP contribution in [0.4, 0.5) is 9.18 Å². The van der Waals surface area contributed by atoms with Gasteiger partial charge in [-0.2, -0.15) is 0 Å². The van der Waals surface area contributed by atoms with Gasteiger partial charge >= 0.3 is 6.03 Å². The topological polar surface area (TPSA) is 61.4 Å². The number of hydrogen-bond donors (Lipinski definition) is 3. The molecule has 0 saturated heterocycles. The minimum Gasteiger partial charge on any atom is -0.392 e. The van der Waals surface area contributed by atoms with E-state index in [1.807, 2.05) is 6.92 Å². The molecule has 0 bridgehead atoms. The highest BCUT2D eigenvalue weighted by atomic mass is 79.9. The van der Waals surface area contributed by atoms with Gasteiger partial charge in [-0.25, -0.2) is 9.18 Å². The van der Waals surface area contributed by atoms with Crippen molar-refractivity contribution in [2.75, 3.05) is 6.54 Å². The van der Waals surface area contributed by atoms with E-state index in [0.717, 1.165) is 0 Å². The molecule has 4 nitrogen and oxygen atoms in total. The van der Waals surface area contributed by atoms with Crippen LogP contribution in [0, 0.1) is 5.82 Å². The fourth-order valence-electron chi connectivity index (χ4n) is 1.65. The number of halogens is 2. The Kier molecular flexibility index (Phi) is 6.24. The highest BCUT2D eigenvalue weighted by Crippen LogP contribution is 2.22. The second kappa shape index (κ2) is 7.45. The van der Waals surface area contributed by atoms with E-state index in [0.29, 0.717) is 16.5 Å². The van der Waals surface area contributed by atoms with Crippen molar-refractivity contribution in [3.63, 3.8) is 0 Å². The van der Waals surface area contributed by atoms with Gasteiger partial charge in [0.25, 0.3) is 0 Å². The minimum atomic E-state index is -0.603. The molecule has 106 valence electrons. The molecule has 1 unspecified atom stereocenters. The Morgan fingerprint density at radius 2 is 2.16 bits per heavy atom. The van der Waals surface area contributed by atoms with Crippen LogP contribution in [0.5, 0.6) is 0 Å². The van der Waals surface area contributed by atoms with Crippen LogP contribution < -0.4 is 10.6 Å². The van der Waals surface area contributed by atoms with Gasteiger partial charge < -0.3 is 15.7 Å². The average molecular weight is 333 g/mol. The Labute approximate surface area is 120 Å². The maximum Gasteiger partial charge on any atom is 0.315 e. The Balaban J connectivity index is 2.69. The SMILES string of the molecule is CCC(NC(=O)NC[C@@H](C)O)c1cc(F)cc(Br)c1. The molecule has 0 aliphatic carbocycles. The molecular formula is C13H18BrFN2O2. The zero-order valence-corrected chi connectivity index (χ0v) is 12.5. The number of aliphatic hydroxyl groups is 1. The predicted molar refractivity (Wildman–Crippen MR) is 75.3 cm³/mol. The van der Waals surface area contributed by atoms with Crippen molar-refractivity contribution in [2.24, 2.45) is 0 Å². The summed E-state index contributed by atoms with van der Waals surface area (Å²) in [5, 5.41) is 14.4. The van der Waals surface area contributed by atoms with E-state index >= 15 is 0 Å². The average Bonchev–Trinajstić information content (AvgIpc) is 2.32. The summed E-state index contributed by atoms with van der Waals surface area (Å²) in [6.45, 7) is 3.66. The zero-order chi connectivity index (χ0) is 14.4. The number of carbonyl (C=O) groups is 1. The molecular weight excluding hydrogens is 315 g/mol. The number of benzene rings is 1. The number of urea groups is 1. The molecule has 1 rings (SSSR count).